The Morgan fingerprint density at radius 1 is 1.16 bits per heavy atom. The van der Waals surface area contributed by atoms with E-state index in [0.29, 0.717) is 0 Å². The molecule has 1 saturated heterocycles. The Hall–Kier alpha value is -0.940. The summed E-state index contributed by atoms with van der Waals surface area (Å²) in [4.78, 5) is 2.21. The van der Waals surface area contributed by atoms with Gasteiger partial charge in [-0.25, -0.2) is 4.90 Å². The number of nitrogens with zero attached hydrogens (tertiary/aromatic N) is 1. The van der Waals surface area contributed by atoms with Gasteiger partial charge in [0, 0.05) is 34.4 Å². The molecule has 1 atom stereocenters. The highest BCUT2D eigenvalue weighted by Gasteiger charge is 2.48. The number of hydrogen-bond acceptors (Lipinski definition) is 4. The second kappa shape index (κ2) is 6.48. The molecule has 0 bridgehead atoms. The average molecular weight is 265 g/mol. The smallest absolute Gasteiger partial charge is 0.257 e. The van der Waals surface area contributed by atoms with E-state index in [0.717, 1.165) is 25.9 Å². The third kappa shape index (κ3) is 2.82. The van der Waals surface area contributed by atoms with Gasteiger partial charge in [0.25, 0.3) is 5.91 Å². The minimum absolute atomic E-state index is 0.0695. The van der Waals surface area contributed by atoms with Crippen molar-refractivity contribution in [3.8, 4) is 0 Å². The molecule has 0 N–H and O–H groups in total. The van der Waals surface area contributed by atoms with E-state index in [1.165, 1.54) is 5.56 Å². The molecule has 19 heavy (non-hydrogen) atoms. The normalized spacial score (nSPS) is 23.4. The van der Waals surface area contributed by atoms with Crippen molar-refractivity contribution >= 4 is 0 Å². The molecule has 1 aliphatic heterocycles. The van der Waals surface area contributed by atoms with Crippen molar-refractivity contribution in [3.05, 3.63) is 35.9 Å². The van der Waals surface area contributed by atoms with E-state index in [1.807, 2.05) is 18.2 Å². The van der Waals surface area contributed by atoms with Gasteiger partial charge in [0.05, 0.1) is 0 Å². The summed E-state index contributed by atoms with van der Waals surface area (Å²) >= 11 is 0. The van der Waals surface area contributed by atoms with Crippen LogP contribution < -0.4 is 0 Å². The first-order chi connectivity index (χ1) is 9.26. The molecule has 1 heterocycles. The van der Waals surface area contributed by atoms with Crippen molar-refractivity contribution in [1.29, 1.82) is 0 Å². The Balaban J connectivity index is 2.21. The van der Waals surface area contributed by atoms with E-state index in [1.54, 1.807) is 21.3 Å². The molecule has 0 aliphatic carbocycles. The van der Waals surface area contributed by atoms with Crippen LogP contribution in [0.1, 0.15) is 18.4 Å². The van der Waals surface area contributed by atoms with Crippen LogP contribution in [-0.4, -0.2) is 44.8 Å². The molecule has 2 rings (SSSR count). The van der Waals surface area contributed by atoms with E-state index in [9.17, 15) is 0 Å². The summed E-state index contributed by atoms with van der Waals surface area (Å²) < 4.78 is 17.0. The molecule has 4 nitrogen and oxygen atoms in total. The molecule has 0 spiro atoms. The Kier molecular flexibility index (Phi) is 4.93. The van der Waals surface area contributed by atoms with Gasteiger partial charge in [0.1, 0.15) is 6.10 Å². The number of rotatable bonds is 5. The number of ether oxygens (including phenoxy) is 3. The maximum atomic E-state index is 5.69. The molecule has 0 saturated carbocycles. The van der Waals surface area contributed by atoms with E-state index < -0.39 is 5.91 Å². The Morgan fingerprint density at radius 3 is 2.42 bits per heavy atom. The number of likely N-dealkylation sites (tertiary alicyclic amines) is 1. The first kappa shape index (κ1) is 14.5. The second-order valence-corrected chi connectivity index (χ2v) is 4.81. The van der Waals surface area contributed by atoms with Crippen LogP contribution in [0.5, 0.6) is 0 Å². The molecule has 0 amide bonds. The number of methoxy groups -OCH3 is 3. The first-order valence-corrected chi connectivity index (χ1v) is 6.69. The average Bonchev–Trinajstić information content (AvgIpc) is 2.48. The van der Waals surface area contributed by atoms with Gasteiger partial charge in [-0.15, -0.1) is 0 Å². The maximum Gasteiger partial charge on any atom is 0.257 e. The van der Waals surface area contributed by atoms with Crippen LogP contribution in [0.25, 0.3) is 0 Å². The van der Waals surface area contributed by atoms with Crippen LogP contribution in [-0.2, 0) is 20.8 Å². The van der Waals surface area contributed by atoms with Crippen LogP contribution in [0.2, 0.25) is 0 Å². The second-order valence-electron chi connectivity index (χ2n) is 4.81. The lowest BCUT2D eigenvalue weighted by Gasteiger charge is -2.48. The van der Waals surface area contributed by atoms with E-state index in [4.69, 9.17) is 14.2 Å². The van der Waals surface area contributed by atoms with Gasteiger partial charge >= 0.3 is 0 Å². The van der Waals surface area contributed by atoms with Gasteiger partial charge < -0.3 is 14.2 Å². The van der Waals surface area contributed by atoms with Crippen molar-refractivity contribution in [1.82, 2.24) is 4.90 Å². The van der Waals surface area contributed by atoms with Gasteiger partial charge in [0.15, 0.2) is 0 Å². The predicted octanol–water partition coefficient (Wildman–Crippen LogP) is 2.24. The Bertz CT molecular complexity index is 378. The molecule has 1 aromatic carbocycles. The van der Waals surface area contributed by atoms with Crippen molar-refractivity contribution < 1.29 is 14.2 Å². The van der Waals surface area contributed by atoms with Gasteiger partial charge in [-0.05, 0) is 18.4 Å². The highest BCUT2D eigenvalue weighted by molar-refractivity contribution is 5.15. The fourth-order valence-corrected chi connectivity index (χ4v) is 2.87. The summed E-state index contributed by atoms with van der Waals surface area (Å²) in [6.07, 6.45) is 1.96. The lowest BCUT2D eigenvalue weighted by Crippen LogP contribution is -2.62. The van der Waals surface area contributed by atoms with E-state index >= 15 is 0 Å². The minimum atomic E-state index is -0.789. The highest BCUT2D eigenvalue weighted by atomic mass is 16.7. The summed E-state index contributed by atoms with van der Waals surface area (Å²) in [6.45, 7) is 1.73. The molecule has 4 heteroatoms. The van der Waals surface area contributed by atoms with Crippen molar-refractivity contribution in [3.63, 3.8) is 0 Å². The van der Waals surface area contributed by atoms with Gasteiger partial charge in [0.2, 0.25) is 0 Å². The number of piperidine rings is 1. The van der Waals surface area contributed by atoms with E-state index in [2.05, 4.69) is 17.0 Å². The summed E-state index contributed by atoms with van der Waals surface area (Å²) in [7, 11) is 5.07. The van der Waals surface area contributed by atoms with Gasteiger partial charge in [-0.1, -0.05) is 30.3 Å². The SMILES string of the molecule is COC1CCCN(Cc2ccccc2)C1(OC)OC. The van der Waals surface area contributed by atoms with Crippen molar-refractivity contribution in [2.45, 2.75) is 31.4 Å². The van der Waals surface area contributed by atoms with Crippen LogP contribution in [0, 0.1) is 0 Å². The predicted molar refractivity (Wildman–Crippen MR) is 73.6 cm³/mol. The quantitative estimate of drug-likeness (QED) is 0.764. The third-order valence-electron chi connectivity index (χ3n) is 3.83. The molecule has 1 unspecified atom stereocenters. The fraction of sp³-hybridized carbons (Fsp3) is 0.600. The lowest BCUT2D eigenvalue weighted by atomic mass is 10.0. The summed E-state index contributed by atoms with van der Waals surface area (Å²) in [5, 5.41) is 0. The molecule has 106 valence electrons. The van der Waals surface area contributed by atoms with Crippen molar-refractivity contribution in [2.24, 2.45) is 0 Å². The molecule has 1 aromatic rings. The standard InChI is InChI=1S/C15H23NO3/c1-17-14-10-7-11-16(15(14,18-2)19-3)12-13-8-5-4-6-9-13/h4-6,8-9,14H,7,10-12H2,1-3H3. The van der Waals surface area contributed by atoms with E-state index in [-0.39, 0.29) is 6.10 Å². The monoisotopic (exact) mass is 265 g/mol. The Morgan fingerprint density at radius 2 is 1.84 bits per heavy atom. The van der Waals surface area contributed by atoms with Crippen LogP contribution >= 0.6 is 0 Å². The zero-order valence-electron chi connectivity index (χ0n) is 12.0. The van der Waals surface area contributed by atoms with Crippen LogP contribution in [0.3, 0.4) is 0 Å². The molecule has 0 radical (unpaired) electrons. The molecular weight excluding hydrogens is 242 g/mol. The molecular formula is C15H23NO3. The molecule has 1 aliphatic rings. The van der Waals surface area contributed by atoms with Crippen LogP contribution in [0.15, 0.2) is 30.3 Å². The topological polar surface area (TPSA) is 30.9 Å². The summed E-state index contributed by atoms with van der Waals surface area (Å²) in [6, 6.07) is 10.4. The zero-order valence-corrected chi connectivity index (χ0v) is 12.0. The minimum Gasteiger partial charge on any atom is -0.374 e. The summed E-state index contributed by atoms with van der Waals surface area (Å²) in [5.74, 6) is -0.789. The van der Waals surface area contributed by atoms with Crippen LogP contribution in [0.4, 0.5) is 0 Å². The Labute approximate surface area is 115 Å². The first-order valence-electron chi connectivity index (χ1n) is 6.69. The van der Waals surface area contributed by atoms with Gasteiger partial charge in [-0.3, -0.25) is 0 Å². The zero-order chi connectivity index (χ0) is 13.7. The number of hydrogen-bond donors (Lipinski definition) is 0. The third-order valence-corrected chi connectivity index (χ3v) is 3.83. The molecule has 0 aromatic heterocycles. The highest BCUT2D eigenvalue weighted by Crippen LogP contribution is 2.33. The number of benzene rings is 1. The summed E-state index contributed by atoms with van der Waals surface area (Å²) in [5.41, 5.74) is 1.25. The fourth-order valence-electron chi connectivity index (χ4n) is 2.87. The van der Waals surface area contributed by atoms with Crippen molar-refractivity contribution in [2.75, 3.05) is 27.9 Å². The lowest BCUT2D eigenvalue weighted by molar-refractivity contribution is -0.354. The molecule has 1 fully saturated rings. The largest absolute Gasteiger partial charge is 0.374 e. The van der Waals surface area contributed by atoms with Gasteiger partial charge in [-0.2, -0.15) is 0 Å². The maximum absolute atomic E-state index is 5.69.